The number of nitrogens with zero attached hydrogens (tertiary/aromatic N) is 2. The highest BCUT2D eigenvalue weighted by Gasteiger charge is 2.36. The molecule has 0 aromatic carbocycles. The van der Waals surface area contributed by atoms with Gasteiger partial charge >= 0.3 is 6.09 Å². The Morgan fingerprint density at radius 3 is 2.74 bits per heavy atom. The minimum atomic E-state index is -0.559. The van der Waals surface area contributed by atoms with Crippen LogP contribution in [0, 0.1) is 0 Å². The van der Waals surface area contributed by atoms with Crippen molar-refractivity contribution in [3.05, 3.63) is 19.8 Å². The Morgan fingerprint density at radius 1 is 1.57 bits per heavy atom. The monoisotopic (exact) mass is 439 g/mol. The summed E-state index contributed by atoms with van der Waals surface area (Å²) in [6.07, 6.45) is -0.522. The Hall–Kier alpha value is -0.440. The molecule has 1 unspecified atom stereocenters. The minimum Gasteiger partial charge on any atom is -0.444 e. The molecule has 1 atom stereocenters. The molecular weight excluding hydrogens is 422 g/mol. The van der Waals surface area contributed by atoms with Crippen molar-refractivity contribution in [2.24, 2.45) is 4.99 Å². The van der Waals surface area contributed by atoms with Crippen LogP contribution in [0.2, 0.25) is 5.02 Å². The molecule has 0 fully saturated rings. The van der Waals surface area contributed by atoms with Crippen LogP contribution in [0.5, 0.6) is 0 Å². The number of guanidine groups is 1. The van der Waals surface area contributed by atoms with Gasteiger partial charge in [-0.15, -0.1) is 11.3 Å². The van der Waals surface area contributed by atoms with Gasteiger partial charge in [-0.05, 0) is 61.6 Å². The van der Waals surface area contributed by atoms with Crippen LogP contribution in [-0.2, 0) is 10.3 Å². The lowest BCUT2D eigenvalue weighted by Crippen LogP contribution is -2.46. The highest BCUT2D eigenvalue weighted by molar-refractivity contribution is 9.11. The van der Waals surface area contributed by atoms with Crippen molar-refractivity contribution in [2.45, 2.75) is 38.8 Å². The van der Waals surface area contributed by atoms with E-state index in [1.165, 1.54) is 0 Å². The van der Waals surface area contributed by atoms with Crippen molar-refractivity contribution in [3.63, 3.8) is 0 Å². The smallest absolute Gasteiger partial charge is 0.414 e. The lowest BCUT2D eigenvalue weighted by Gasteiger charge is -2.34. The van der Waals surface area contributed by atoms with Crippen LogP contribution in [-0.4, -0.2) is 34.8 Å². The molecule has 1 aromatic rings. The minimum absolute atomic E-state index is 0.457. The maximum Gasteiger partial charge on any atom is 0.414 e. The third-order valence-electron chi connectivity index (χ3n) is 2.95. The molecule has 23 heavy (non-hydrogen) atoms. The van der Waals surface area contributed by atoms with Crippen LogP contribution in [0.15, 0.2) is 14.8 Å². The first-order chi connectivity index (χ1) is 10.5. The Labute approximate surface area is 158 Å². The normalized spacial score (nSPS) is 21.9. The molecular formula is C14H19BrClN3O2S2. The van der Waals surface area contributed by atoms with Gasteiger partial charge in [0.25, 0.3) is 0 Å². The summed E-state index contributed by atoms with van der Waals surface area (Å²) in [5, 5.41) is 3.40. The highest BCUT2D eigenvalue weighted by atomic mass is 79.9. The molecule has 2 rings (SSSR count). The summed E-state index contributed by atoms with van der Waals surface area (Å²) in [6, 6.07) is 1.87. The van der Waals surface area contributed by atoms with Crippen molar-refractivity contribution in [1.82, 2.24) is 9.62 Å². The molecule has 0 radical (unpaired) electrons. The molecule has 2 heterocycles. The zero-order valence-corrected chi connectivity index (χ0v) is 17.5. The average Bonchev–Trinajstić information content (AvgIpc) is 2.72. The van der Waals surface area contributed by atoms with Crippen molar-refractivity contribution in [3.8, 4) is 0 Å². The molecule has 1 aliphatic rings. The number of carbonyl (C=O) groups is 1. The highest BCUT2D eigenvalue weighted by Crippen LogP contribution is 2.43. The number of hydrogen-bond acceptors (Lipinski definition) is 6. The number of alkyl carbamates (subject to hydrolysis) is 1. The fourth-order valence-electron chi connectivity index (χ4n) is 1.95. The second kappa shape index (κ2) is 6.82. The van der Waals surface area contributed by atoms with Crippen LogP contribution in [0.4, 0.5) is 4.79 Å². The molecule has 1 amide bonds. The molecule has 5 nitrogen and oxygen atoms in total. The topological polar surface area (TPSA) is 53.9 Å². The molecule has 0 aliphatic carbocycles. The summed E-state index contributed by atoms with van der Waals surface area (Å²) in [5.74, 6) is 1.19. The van der Waals surface area contributed by atoms with Gasteiger partial charge in [0.15, 0.2) is 0 Å². The number of hydrogen-bond donors (Lipinski definition) is 1. The van der Waals surface area contributed by atoms with Gasteiger partial charge in [0.1, 0.15) is 11.1 Å². The SMILES string of the molecule is CN1SCC(C)(c2sc(Br)cc2Cl)N=C1NC(=O)OC(C)(C)C. The molecule has 0 spiro atoms. The van der Waals surface area contributed by atoms with Gasteiger partial charge in [0.05, 0.1) is 13.7 Å². The van der Waals surface area contributed by atoms with E-state index in [0.29, 0.717) is 11.0 Å². The first-order valence-corrected chi connectivity index (χ1v) is 9.85. The van der Waals surface area contributed by atoms with E-state index in [9.17, 15) is 4.79 Å². The first-order valence-electron chi connectivity index (χ1n) is 6.92. The second-order valence-electron chi connectivity index (χ2n) is 6.33. The van der Waals surface area contributed by atoms with Crippen molar-refractivity contribution in [2.75, 3.05) is 12.8 Å². The molecule has 0 saturated heterocycles. The van der Waals surface area contributed by atoms with E-state index < -0.39 is 17.2 Å². The molecule has 1 aromatic heterocycles. The predicted octanol–water partition coefficient (Wildman–Crippen LogP) is 4.85. The van der Waals surface area contributed by atoms with Gasteiger partial charge < -0.3 is 4.74 Å². The van der Waals surface area contributed by atoms with Crippen LogP contribution < -0.4 is 5.32 Å². The van der Waals surface area contributed by atoms with Crippen molar-refractivity contribution >= 4 is 62.9 Å². The van der Waals surface area contributed by atoms with Crippen molar-refractivity contribution in [1.29, 1.82) is 0 Å². The summed E-state index contributed by atoms with van der Waals surface area (Å²) in [7, 11) is 1.85. The lowest BCUT2D eigenvalue weighted by molar-refractivity contribution is 0.0559. The number of ether oxygens (including phenoxy) is 1. The fourth-order valence-corrected chi connectivity index (χ4v) is 5.11. The van der Waals surface area contributed by atoms with E-state index in [2.05, 4.69) is 21.2 Å². The Balaban J connectivity index is 2.26. The standard InChI is InChI=1S/C14H19BrClN3O2S2/c1-13(2,3)21-12(20)17-11-18-14(4,7-22-19(11)5)10-8(16)6-9(15)23-10/h6H,7H2,1-5H3,(H,17,18,20). The van der Waals surface area contributed by atoms with Crippen LogP contribution in [0.3, 0.4) is 0 Å². The van der Waals surface area contributed by atoms with Gasteiger partial charge in [-0.2, -0.15) is 0 Å². The van der Waals surface area contributed by atoms with Gasteiger partial charge in [0, 0.05) is 12.8 Å². The largest absolute Gasteiger partial charge is 0.444 e. The number of amides is 1. The molecule has 0 bridgehead atoms. The van der Waals surface area contributed by atoms with E-state index >= 15 is 0 Å². The third kappa shape index (κ3) is 4.78. The number of thiophene rings is 1. The van der Waals surface area contributed by atoms with E-state index in [4.69, 9.17) is 21.3 Å². The maximum atomic E-state index is 12.0. The summed E-state index contributed by atoms with van der Waals surface area (Å²) >= 11 is 12.9. The van der Waals surface area contributed by atoms with Crippen LogP contribution in [0.25, 0.3) is 0 Å². The quantitative estimate of drug-likeness (QED) is 0.634. The summed E-state index contributed by atoms with van der Waals surface area (Å²) in [4.78, 5) is 17.7. The zero-order valence-electron chi connectivity index (χ0n) is 13.6. The molecule has 0 saturated carbocycles. The first kappa shape index (κ1) is 18.9. The van der Waals surface area contributed by atoms with Gasteiger partial charge in [-0.3, -0.25) is 9.62 Å². The van der Waals surface area contributed by atoms with Crippen LogP contribution >= 0.6 is 50.8 Å². The van der Waals surface area contributed by atoms with E-state index in [1.807, 2.05) is 45.1 Å². The molecule has 9 heteroatoms. The maximum absolute atomic E-state index is 12.0. The number of nitrogens with one attached hydrogen (secondary N) is 1. The van der Waals surface area contributed by atoms with E-state index in [-0.39, 0.29) is 0 Å². The summed E-state index contributed by atoms with van der Waals surface area (Å²) < 4.78 is 8.07. The average molecular weight is 441 g/mol. The second-order valence-corrected chi connectivity index (χ2v) is 10.3. The van der Waals surface area contributed by atoms with E-state index in [1.54, 1.807) is 23.3 Å². The van der Waals surface area contributed by atoms with Crippen molar-refractivity contribution < 1.29 is 9.53 Å². The molecule has 128 valence electrons. The third-order valence-corrected chi connectivity index (χ3v) is 6.50. The summed E-state index contributed by atoms with van der Waals surface area (Å²) in [6.45, 7) is 7.47. The number of aliphatic imine (C=N–C) groups is 1. The Kier molecular flexibility index (Phi) is 5.60. The Bertz CT molecular complexity index is 644. The summed E-state index contributed by atoms with van der Waals surface area (Å²) in [5.41, 5.74) is -1.06. The van der Waals surface area contributed by atoms with Crippen LogP contribution in [0.1, 0.15) is 32.6 Å². The molecule has 1 N–H and O–H groups in total. The lowest BCUT2D eigenvalue weighted by atomic mass is 10.0. The van der Waals surface area contributed by atoms with Gasteiger partial charge in [-0.25, -0.2) is 9.79 Å². The predicted molar refractivity (Wildman–Crippen MR) is 101 cm³/mol. The van der Waals surface area contributed by atoms with Gasteiger partial charge in [0.2, 0.25) is 5.96 Å². The Morgan fingerprint density at radius 2 is 2.22 bits per heavy atom. The molecule has 1 aliphatic heterocycles. The fraction of sp³-hybridized carbons (Fsp3) is 0.571. The van der Waals surface area contributed by atoms with Gasteiger partial charge in [-0.1, -0.05) is 11.6 Å². The number of carbonyl (C=O) groups excluding carboxylic acids is 1. The zero-order chi connectivity index (χ0) is 17.4. The number of rotatable bonds is 1. The van der Waals surface area contributed by atoms with E-state index in [0.717, 1.165) is 14.4 Å². The number of halogens is 2.